The van der Waals surface area contributed by atoms with Crippen LogP contribution in [-0.4, -0.2) is 19.3 Å². The minimum absolute atomic E-state index is 0.0133. The Bertz CT molecular complexity index is 404. The summed E-state index contributed by atoms with van der Waals surface area (Å²) in [4.78, 5) is 0. The number of rotatable bonds is 4. The van der Waals surface area contributed by atoms with Gasteiger partial charge in [-0.25, -0.2) is 0 Å². The van der Waals surface area contributed by atoms with Crippen LogP contribution in [-0.2, 0) is 10.2 Å². The number of hydrazine groups is 1. The van der Waals surface area contributed by atoms with Gasteiger partial charge in [-0.1, -0.05) is 30.3 Å². The van der Waals surface area contributed by atoms with Gasteiger partial charge in [0, 0.05) is 31.1 Å². The van der Waals surface area contributed by atoms with E-state index in [-0.39, 0.29) is 11.5 Å². The largest absolute Gasteiger partial charge is 0.381 e. The lowest BCUT2D eigenvalue weighted by Crippen LogP contribution is -2.53. The first kappa shape index (κ1) is 13.1. The Labute approximate surface area is 109 Å². The SMILES string of the molecule is C#CCC(NN)C1(c2ccccc2)CCOCC1. The number of terminal acetylenes is 1. The maximum atomic E-state index is 5.73. The average Bonchev–Trinajstić information content (AvgIpc) is 2.46. The third-order valence-electron chi connectivity index (χ3n) is 3.92. The molecule has 96 valence electrons. The molecule has 3 heteroatoms. The maximum Gasteiger partial charge on any atom is 0.0475 e. The molecule has 0 amide bonds. The van der Waals surface area contributed by atoms with Gasteiger partial charge in [-0.05, 0) is 18.4 Å². The summed E-state index contributed by atoms with van der Waals surface area (Å²) in [7, 11) is 0. The molecule has 1 saturated heterocycles. The fourth-order valence-corrected chi connectivity index (χ4v) is 2.88. The molecule has 0 aromatic heterocycles. The summed E-state index contributed by atoms with van der Waals surface area (Å²) in [5, 5.41) is 0. The fourth-order valence-electron chi connectivity index (χ4n) is 2.88. The van der Waals surface area contributed by atoms with E-state index >= 15 is 0 Å². The molecule has 1 heterocycles. The smallest absolute Gasteiger partial charge is 0.0475 e. The minimum atomic E-state index is -0.0133. The number of nitrogens with one attached hydrogen (secondary N) is 1. The van der Waals surface area contributed by atoms with Gasteiger partial charge in [0.15, 0.2) is 0 Å². The molecule has 3 nitrogen and oxygen atoms in total. The molecule has 3 N–H and O–H groups in total. The summed E-state index contributed by atoms with van der Waals surface area (Å²) in [6, 6.07) is 10.6. The van der Waals surface area contributed by atoms with Gasteiger partial charge in [-0.3, -0.25) is 11.3 Å². The molecule has 1 atom stereocenters. The molecule has 0 saturated carbocycles. The van der Waals surface area contributed by atoms with E-state index in [2.05, 4.69) is 35.6 Å². The highest BCUT2D eigenvalue weighted by Gasteiger charge is 2.40. The predicted octanol–water partition coefficient (Wildman–Crippen LogP) is 1.59. The lowest BCUT2D eigenvalue weighted by molar-refractivity contribution is 0.0350. The van der Waals surface area contributed by atoms with Crippen LogP contribution in [0.4, 0.5) is 0 Å². The predicted molar refractivity (Wildman–Crippen MR) is 72.7 cm³/mol. The Hall–Kier alpha value is -1.34. The van der Waals surface area contributed by atoms with Crippen LogP contribution in [0.3, 0.4) is 0 Å². The number of hydrogen-bond donors (Lipinski definition) is 2. The van der Waals surface area contributed by atoms with Gasteiger partial charge < -0.3 is 4.74 Å². The lowest BCUT2D eigenvalue weighted by atomic mass is 9.68. The Balaban J connectivity index is 2.36. The average molecular weight is 244 g/mol. The molecule has 1 aromatic rings. The third kappa shape index (κ3) is 2.41. The summed E-state index contributed by atoms with van der Waals surface area (Å²) in [6.45, 7) is 1.52. The molecule has 0 spiro atoms. The van der Waals surface area contributed by atoms with Gasteiger partial charge in [-0.2, -0.15) is 0 Å². The zero-order chi connectivity index (χ0) is 12.8. The van der Waals surface area contributed by atoms with E-state index in [1.165, 1.54) is 5.56 Å². The first-order chi connectivity index (χ1) is 8.83. The molecular formula is C15H20N2O. The normalized spacial score (nSPS) is 20.0. The second-order valence-electron chi connectivity index (χ2n) is 4.76. The molecule has 0 bridgehead atoms. The van der Waals surface area contributed by atoms with Gasteiger partial charge in [0.2, 0.25) is 0 Å². The third-order valence-corrected chi connectivity index (χ3v) is 3.92. The first-order valence-electron chi connectivity index (χ1n) is 6.36. The minimum Gasteiger partial charge on any atom is -0.381 e. The van der Waals surface area contributed by atoms with Crippen LogP contribution in [0.15, 0.2) is 30.3 Å². The highest BCUT2D eigenvalue weighted by atomic mass is 16.5. The summed E-state index contributed by atoms with van der Waals surface area (Å²) >= 11 is 0. The molecule has 1 unspecified atom stereocenters. The number of hydrogen-bond acceptors (Lipinski definition) is 3. The van der Waals surface area contributed by atoms with Crippen LogP contribution in [0.1, 0.15) is 24.8 Å². The van der Waals surface area contributed by atoms with Crippen molar-refractivity contribution in [3.8, 4) is 12.3 Å². The highest BCUT2D eigenvalue weighted by Crippen LogP contribution is 2.38. The first-order valence-corrected chi connectivity index (χ1v) is 6.36. The highest BCUT2D eigenvalue weighted by molar-refractivity contribution is 5.29. The van der Waals surface area contributed by atoms with Crippen LogP contribution in [0, 0.1) is 12.3 Å². The van der Waals surface area contributed by atoms with E-state index in [1.54, 1.807) is 0 Å². The number of benzene rings is 1. The molecule has 0 aliphatic carbocycles. The van der Waals surface area contributed by atoms with Crippen molar-refractivity contribution in [2.24, 2.45) is 5.84 Å². The maximum absolute atomic E-state index is 5.73. The van der Waals surface area contributed by atoms with Crippen LogP contribution in [0.2, 0.25) is 0 Å². The van der Waals surface area contributed by atoms with Gasteiger partial charge in [-0.15, -0.1) is 12.3 Å². The lowest BCUT2D eigenvalue weighted by Gasteiger charge is -2.43. The van der Waals surface area contributed by atoms with Gasteiger partial charge in [0.1, 0.15) is 0 Å². The van der Waals surface area contributed by atoms with E-state index < -0.39 is 0 Å². The molecule has 1 aliphatic rings. The van der Waals surface area contributed by atoms with Crippen molar-refractivity contribution in [1.82, 2.24) is 5.43 Å². The van der Waals surface area contributed by atoms with Gasteiger partial charge in [0.05, 0.1) is 0 Å². The summed E-state index contributed by atoms with van der Waals surface area (Å²) in [6.07, 6.45) is 8.01. The van der Waals surface area contributed by atoms with E-state index in [4.69, 9.17) is 17.0 Å². The van der Waals surface area contributed by atoms with E-state index in [9.17, 15) is 0 Å². The second kappa shape index (κ2) is 6.01. The Morgan fingerprint density at radius 2 is 2.00 bits per heavy atom. The molecule has 1 fully saturated rings. The topological polar surface area (TPSA) is 47.3 Å². The number of ether oxygens (including phenoxy) is 1. The van der Waals surface area contributed by atoms with E-state index in [0.717, 1.165) is 26.1 Å². The second-order valence-corrected chi connectivity index (χ2v) is 4.76. The van der Waals surface area contributed by atoms with E-state index in [0.29, 0.717) is 6.42 Å². The van der Waals surface area contributed by atoms with Crippen molar-refractivity contribution in [3.05, 3.63) is 35.9 Å². The Morgan fingerprint density at radius 1 is 1.33 bits per heavy atom. The van der Waals surface area contributed by atoms with Crippen molar-refractivity contribution < 1.29 is 4.74 Å². The molecule has 18 heavy (non-hydrogen) atoms. The molecule has 0 radical (unpaired) electrons. The molecular weight excluding hydrogens is 224 g/mol. The van der Waals surface area contributed by atoms with Crippen molar-refractivity contribution in [2.75, 3.05) is 13.2 Å². The Kier molecular flexibility index (Phi) is 4.38. The summed E-state index contributed by atoms with van der Waals surface area (Å²) in [5.41, 5.74) is 4.20. The quantitative estimate of drug-likeness (QED) is 0.480. The molecule has 2 rings (SSSR count). The molecule has 1 aromatic carbocycles. The van der Waals surface area contributed by atoms with Crippen LogP contribution in [0.5, 0.6) is 0 Å². The van der Waals surface area contributed by atoms with Crippen molar-refractivity contribution in [2.45, 2.75) is 30.7 Å². The standard InChI is InChI=1S/C15H20N2O/c1-2-6-14(17-16)15(9-11-18-12-10-15)13-7-4-3-5-8-13/h1,3-5,7-8,14,17H,6,9-12,16H2. The van der Waals surface area contributed by atoms with E-state index in [1.807, 2.05) is 6.07 Å². The van der Waals surface area contributed by atoms with Gasteiger partial charge >= 0.3 is 0 Å². The van der Waals surface area contributed by atoms with Crippen LogP contribution < -0.4 is 11.3 Å². The van der Waals surface area contributed by atoms with Crippen LogP contribution in [0.25, 0.3) is 0 Å². The van der Waals surface area contributed by atoms with Gasteiger partial charge in [0.25, 0.3) is 0 Å². The fraction of sp³-hybridized carbons (Fsp3) is 0.467. The number of nitrogens with two attached hydrogens (primary N) is 1. The summed E-state index contributed by atoms with van der Waals surface area (Å²) < 4.78 is 5.50. The Morgan fingerprint density at radius 3 is 2.56 bits per heavy atom. The summed E-state index contributed by atoms with van der Waals surface area (Å²) in [5.74, 6) is 8.45. The zero-order valence-corrected chi connectivity index (χ0v) is 10.6. The van der Waals surface area contributed by atoms with Crippen molar-refractivity contribution in [1.29, 1.82) is 0 Å². The monoisotopic (exact) mass is 244 g/mol. The van der Waals surface area contributed by atoms with Crippen LogP contribution >= 0.6 is 0 Å². The van der Waals surface area contributed by atoms with Crippen molar-refractivity contribution >= 4 is 0 Å². The van der Waals surface area contributed by atoms with Crippen molar-refractivity contribution in [3.63, 3.8) is 0 Å². The molecule has 1 aliphatic heterocycles. The zero-order valence-electron chi connectivity index (χ0n) is 10.6.